The lowest BCUT2D eigenvalue weighted by Crippen LogP contribution is -2.57. The van der Waals surface area contributed by atoms with Crippen molar-refractivity contribution < 1.29 is 43.3 Å². The fourth-order valence-corrected chi connectivity index (χ4v) is 4.33. The molecule has 15 heteroatoms. The summed E-state index contributed by atoms with van der Waals surface area (Å²) in [5.74, 6) is -2.92. The van der Waals surface area contributed by atoms with Crippen LogP contribution in [0.15, 0.2) is 36.4 Å². The molecule has 1 aliphatic rings. The van der Waals surface area contributed by atoms with Gasteiger partial charge in [-0.3, -0.25) is 33.8 Å². The smallest absolute Gasteiger partial charge is 0.312 e. The lowest BCUT2D eigenvalue weighted by atomic mass is 9.99. The van der Waals surface area contributed by atoms with Gasteiger partial charge in [0.15, 0.2) is 0 Å². The van der Waals surface area contributed by atoms with E-state index in [-0.39, 0.29) is 76.7 Å². The third-order valence-electron chi connectivity index (χ3n) is 6.68. The monoisotopic (exact) mass is 618 g/mol. The zero-order valence-electron chi connectivity index (χ0n) is 25.0. The molecule has 0 spiro atoms. The molecule has 0 unspecified atom stereocenters. The first-order valence-corrected chi connectivity index (χ1v) is 14.3. The first-order valence-electron chi connectivity index (χ1n) is 14.3. The minimum absolute atomic E-state index is 0.0460. The molecular formula is C29H42N6O9. The number of aliphatic hydroxyl groups excluding tert-OH is 1. The van der Waals surface area contributed by atoms with E-state index in [4.69, 9.17) is 20.9 Å². The number of nitrogens with two attached hydrogens (primary N) is 2. The SMILES string of the molecule is CC(C)[C@H](NC(=O)CCOCCOCCN1C(=O)C=CC1=O)C(=O)N(c1ccc(CO)cc1)[C@@H](CCCNC(N)=O)C(N)=O. The van der Waals surface area contributed by atoms with E-state index in [1.54, 1.807) is 38.1 Å². The average molecular weight is 619 g/mol. The Bertz CT molecular complexity index is 1170. The van der Waals surface area contributed by atoms with Gasteiger partial charge in [-0.25, -0.2) is 4.79 Å². The molecule has 44 heavy (non-hydrogen) atoms. The summed E-state index contributed by atoms with van der Waals surface area (Å²) in [4.78, 5) is 75.7. The molecule has 0 aliphatic carbocycles. The lowest BCUT2D eigenvalue weighted by molar-refractivity contribution is -0.137. The van der Waals surface area contributed by atoms with Gasteiger partial charge in [-0.1, -0.05) is 26.0 Å². The molecule has 2 atom stereocenters. The predicted molar refractivity (Wildman–Crippen MR) is 159 cm³/mol. The molecule has 1 aromatic carbocycles. The molecule has 1 aromatic rings. The summed E-state index contributed by atoms with van der Waals surface area (Å²) < 4.78 is 10.8. The van der Waals surface area contributed by atoms with Crippen molar-refractivity contribution in [2.24, 2.45) is 17.4 Å². The van der Waals surface area contributed by atoms with Crippen LogP contribution in [-0.4, -0.2) is 97.2 Å². The first kappa shape index (κ1) is 35.9. The summed E-state index contributed by atoms with van der Waals surface area (Å²) in [7, 11) is 0. The summed E-state index contributed by atoms with van der Waals surface area (Å²) in [6, 6.07) is 3.53. The maximum atomic E-state index is 13.9. The van der Waals surface area contributed by atoms with Crippen molar-refractivity contribution in [1.29, 1.82) is 0 Å². The minimum Gasteiger partial charge on any atom is -0.392 e. The van der Waals surface area contributed by atoms with Gasteiger partial charge in [0.25, 0.3) is 17.7 Å². The van der Waals surface area contributed by atoms with Crippen LogP contribution in [0.1, 0.15) is 38.7 Å². The van der Waals surface area contributed by atoms with E-state index < -0.39 is 35.8 Å². The summed E-state index contributed by atoms with van der Waals surface area (Å²) in [6.45, 7) is 4.12. The number of carbonyl (C=O) groups excluding carboxylic acids is 6. The number of hydrogen-bond acceptors (Lipinski definition) is 9. The Hall–Kier alpha value is -4.34. The second kappa shape index (κ2) is 18.4. The number of rotatable bonds is 20. The van der Waals surface area contributed by atoms with E-state index in [1.807, 2.05) is 0 Å². The number of carbonyl (C=O) groups is 6. The molecular weight excluding hydrogens is 576 g/mol. The number of hydrogen-bond donors (Lipinski definition) is 5. The molecule has 0 bridgehead atoms. The van der Waals surface area contributed by atoms with Gasteiger partial charge in [0.1, 0.15) is 12.1 Å². The molecule has 0 radical (unpaired) electrons. The Balaban J connectivity index is 1.97. The zero-order chi connectivity index (χ0) is 32.6. The number of anilines is 1. The van der Waals surface area contributed by atoms with Crippen molar-refractivity contribution in [3.05, 3.63) is 42.0 Å². The van der Waals surface area contributed by atoms with Crippen molar-refractivity contribution in [3.8, 4) is 0 Å². The van der Waals surface area contributed by atoms with Crippen molar-refractivity contribution in [2.75, 3.05) is 44.4 Å². The van der Waals surface area contributed by atoms with Crippen LogP contribution in [-0.2, 0) is 40.1 Å². The predicted octanol–water partition coefficient (Wildman–Crippen LogP) is -0.697. The van der Waals surface area contributed by atoms with Crippen molar-refractivity contribution in [2.45, 2.75) is 51.8 Å². The Labute approximate surface area is 255 Å². The Kier molecular flexibility index (Phi) is 15.0. The van der Waals surface area contributed by atoms with Gasteiger partial charge in [0.2, 0.25) is 11.8 Å². The Morgan fingerprint density at radius 2 is 1.57 bits per heavy atom. The lowest BCUT2D eigenvalue weighted by Gasteiger charge is -2.34. The van der Waals surface area contributed by atoms with E-state index in [9.17, 15) is 33.9 Å². The van der Waals surface area contributed by atoms with Crippen molar-refractivity contribution in [1.82, 2.24) is 15.5 Å². The number of amides is 7. The maximum absolute atomic E-state index is 13.9. The normalized spacial score (nSPS) is 14.0. The van der Waals surface area contributed by atoms with Gasteiger partial charge < -0.3 is 36.7 Å². The van der Waals surface area contributed by atoms with Crippen LogP contribution in [0.25, 0.3) is 0 Å². The van der Waals surface area contributed by atoms with Gasteiger partial charge in [0.05, 0.1) is 39.6 Å². The third kappa shape index (κ3) is 11.4. The Morgan fingerprint density at radius 1 is 0.955 bits per heavy atom. The largest absolute Gasteiger partial charge is 0.392 e. The van der Waals surface area contributed by atoms with E-state index in [1.165, 1.54) is 17.1 Å². The highest BCUT2D eigenvalue weighted by Crippen LogP contribution is 2.23. The van der Waals surface area contributed by atoms with Gasteiger partial charge in [0, 0.05) is 30.8 Å². The summed E-state index contributed by atoms with van der Waals surface area (Å²) in [5, 5.41) is 14.6. The molecule has 7 N–H and O–H groups in total. The van der Waals surface area contributed by atoms with Crippen LogP contribution in [0.2, 0.25) is 0 Å². The number of imide groups is 1. The van der Waals surface area contributed by atoms with Gasteiger partial charge in [-0.05, 0) is 36.5 Å². The van der Waals surface area contributed by atoms with Crippen LogP contribution in [0, 0.1) is 5.92 Å². The number of ether oxygens (including phenoxy) is 2. The second-order valence-corrected chi connectivity index (χ2v) is 10.3. The number of aliphatic hydroxyl groups is 1. The molecule has 0 aromatic heterocycles. The van der Waals surface area contributed by atoms with Crippen LogP contribution < -0.4 is 27.0 Å². The number of benzene rings is 1. The van der Waals surface area contributed by atoms with E-state index >= 15 is 0 Å². The Morgan fingerprint density at radius 3 is 2.11 bits per heavy atom. The minimum atomic E-state index is -1.10. The molecule has 0 fully saturated rings. The maximum Gasteiger partial charge on any atom is 0.312 e. The number of urea groups is 1. The third-order valence-corrected chi connectivity index (χ3v) is 6.68. The molecule has 0 saturated heterocycles. The standard InChI is InChI=1S/C29H42N6O9/c1-19(2)26(33-23(37)11-14-43-16-17-44-15-13-34-24(38)9-10-25(34)39)28(41)35(21-7-5-20(18-36)6-8-21)22(27(30)40)4-3-12-32-29(31)42/h5-10,19,22,26,36H,3-4,11-18H2,1-2H3,(H2,30,40)(H,33,37)(H3,31,32,42)/t22-,26-/m0/s1. The van der Waals surface area contributed by atoms with Crippen LogP contribution in [0.4, 0.5) is 10.5 Å². The molecule has 2 rings (SSSR count). The molecule has 0 saturated carbocycles. The fourth-order valence-electron chi connectivity index (χ4n) is 4.33. The summed E-state index contributed by atoms with van der Waals surface area (Å²) in [6.07, 6.45) is 2.75. The van der Waals surface area contributed by atoms with Gasteiger partial charge >= 0.3 is 6.03 Å². The van der Waals surface area contributed by atoms with Crippen LogP contribution >= 0.6 is 0 Å². The second-order valence-electron chi connectivity index (χ2n) is 10.3. The molecule has 242 valence electrons. The van der Waals surface area contributed by atoms with Crippen molar-refractivity contribution >= 4 is 41.3 Å². The first-order chi connectivity index (χ1) is 21.0. The highest BCUT2D eigenvalue weighted by molar-refractivity contribution is 6.12. The van der Waals surface area contributed by atoms with E-state index in [0.717, 1.165) is 4.90 Å². The van der Waals surface area contributed by atoms with Crippen LogP contribution in [0.3, 0.4) is 0 Å². The molecule has 15 nitrogen and oxygen atoms in total. The van der Waals surface area contributed by atoms with Gasteiger partial charge in [-0.15, -0.1) is 0 Å². The molecule has 1 aliphatic heterocycles. The summed E-state index contributed by atoms with van der Waals surface area (Å²) in [5.41, 5.74) is 11.8. The fraction of sp³-hybridized carbons (Fsp3) is 0.517. The molecule has 1 heterocycles. The van der Waals surface area contributed by atoms with Crippen LogP contribution in [0.5, 0.6) is 0 Å². The van der Waals surface area contributed by atoms with E-state index in [0.29, 0.717) is 17.7 Å². The van der Waals surface area contributed by atoms with Crippen molar-refractivity contribution in [3.63, 3.8) is 0 Å². The highest BCUT2D eigenvalue weighted by atomic mass is 16.5. The molecule has 7 amide bonds. The number of nitrogens with one attached hydrogen (secondary N) is 2. The summed E-state index contributed by atoms with van der Waals surface area (Å²) >= 11 is 0. The topological polar surface area (TPSA) is 224 Å². The highest BCUT2D eigenvalue weighted by Gasteiger charge is 2.36. The van der Waals surface area contributed by atoms with E-state index in [2.05, 4.69) is 10.6 Å². The number of nitrogens with zero attached hydrogens (tertiary/aromatic N) is 2. The quantitative estimate of drug-likeness (QED) is 0.0919. The zero-order valence-corrected chi connectivity index (χ0v) is 25.0. The van der Waals surface area contributed by atoms with Gasteiger partial charge in [-0.2, -0.15) is 0 Å². The average Bonchev–Trinajstić information content (AvgIpc) is 3.30. The number of primary amides is 2.